The Morgan fingerprint density at radius 3 is 2.37 bits per heavy atom. The van der Waals surface area contributed by atoms with E-state index in [9.17, 15) is 4.79 Å². The monoisotopic (exact) mass is 383 g/mol. The first-order chi connectivity index (χ1) is 8.62. The molecule has 1 aliphatic heterocycles. The zero-order valence-corrected chi connectivity index (χ0v) is 14.9. The van der Waals surface area contributed by atoms with Crippen molar-refractivity contribution in [1.82, 2.24) is 5.32 Å². The van der Waals surface area contributed by atoms with Crippen molar-refractivity contribution in [2.45, 2.75) is 51.8 Å². The molecule has 1 aliphatic rings. The molecule has 0 saturated carbocycles. The normalized spacial score (nSPS) is 30.4. The molecule has 1 unspecified atom stereocenters. The predicted molar refractivity (Wildman–Crippen MR) is 84.6 cm³/mol. The van der Waals surface area contributed by atoms with Gasteiger partial charge >= 0.3 is 5.97 Å². The summed E-state index contributed by atoms with van der Waals surface area (Å²) in [7, 11) is 1.69. The van der Waals surface area contributed by atoms with Crippen molar-refractivity contribution >= 4 is 28.6 Å². The molecule has 0 aliphatic carbocycles. The maximum Gasteiger partial charge on any atom is 0.311 e. The Morgan fingerprint density at radius 1 is 1.37 bits per heavy atom. The number of halogens is 1. The first kappa shape index (κ1) is 17.2. The van der Waals surface area contributed by atoms with Gasteiger partial charge in [0.2, 0.25) is 0 Å². The Kier molecular flexibility index (Phi) is 5.66. The molecule has 1 saturated heterocycles. The van der Waals surface area contributed by atoms with E-state index in [0.717, 1.165) is 4.43 Å². The van der Waals surface area contributed by atoms with Crippen LogP contribution in [-0.4, -0.2) is 41.3 Å². The molecule has 0 radical (unpaired) electrons. The zero-order chi connectivity index (χ0) is 14.8. The van der Waals surface area contributed by atoms with Crippen LogP contribution in [-0.2, 0) is 14.3 Å². The summed E-state index contributed by atoms with van der Waals surface area (Å²) >= 11 is 2.34. The third-order valence-electron chi connectivity index (χ3n) is 3.47. The second kappa shape index (κ2) is 6.26. The molecule has 112 valence electrons. The molecule has 1 heterocycles. The number of carbonyl (C=O) groups excluding carboxylic acids is 1. The van der Waals surface area contributed by atoms with Gasteiger partial charge in [0.05, 0.1) is 12.5 Å². The minimum absolute atomic E-state index is 0.106. The van der Waals surface area contributed by atoms with Crippen molar-refractivity contribution in [3.05, 3.63) is 0 Å². The number of ether oxygens (including phenoxy) is 2. The summed E-state index contributed by atoms with van der Waals surface area (Å²) in [5, 5.41) is 3.52. The van der Waals surface area contributed by atoms with Gasteiger partial charge in [0.25, 0.3) is 0 Å². The van der Waals surface area contributed by atoms with Gasteiger partial charge < -0.3 is 14.8 Å². The largest absolute Gasteiger partial charge is 0.460 e. The zero-order valence-electron chi connectivity index (χ0n) is 12.7. The lowest BCUT2D eigenvalue weighted by atomic mass is 9.82. The highest BCUT2D eigenvalue weighted by atomic mass is 127. The van der Waals surface area contributed by atoms with Crippen LogP contribution in [0.15, 0.2) is 0 Å². The Bertz CT molecular complexity index is 325. The molecule has 0 spiro atoms. The molecule has 0 aromatic rings. The van der Waals surface area contributed by atoms with Crippen LogP contribution >= 0.6 is 22.6 Å². The summed E-state index contributed by atoms with van der Waals surface area (Å²) in [5.74, 6) is -0.000515. The lowest BCUT2D eigenvalue weighted by Crippen LogP contribution is -2.45. The highest BCUT2D eigenvalue weighted by Crippen LogP contribution is 2.38. The first-order valence-electron chi connectivity index (χ1n) is 6.68. The highest BCUT2D eigenvalue weighted by Gasteiger charge is 2.52. The van der Waals surface area contributed by atoms with Crippen LogP contribution in [0.3, 0.4) is 0 Å². The Hall–Kier alpha value is 0.120. The highest BCUT2D eigenvalue weighted by molar-refractivity contribution is 14.1. The number of hydrogen-bond acceptors (Lipinski definition) is 4. The summed E-state index contributed by atoms with van der Waals surface area (Å²) in [6.45, 7) is 10.5. The second-order valence-electron chi connectivity index (χ2n) is 6.76. The molecule has 3 atom stereocenters. The van der Waals surface area contributed by atoms with Gasteiger partial charge in [-0.25, -0.2) is 0 Å². The lowest BCUT2D eigenvalue weighted by molar-refractivity contribution is -0.163. The quantitative estimate of drug-likeness (QED) is 0.460. The molecule has 1 N–H and O–H groups in total. The molecule has 0 bridgehead atoms. The molecule has 1 rings (SSSR count). The fourth-order valence-electron chi connectivity index (χ4n) is 2.82. The van der Waals surface area contributed by atoms with E-state index in [4.69, 9.17) is 9.47 Å². The topological polar surface area (TPSA) is 47.6 Å². The molecular formula is C14H26INO3. The molecule has 0 amide bonds. The molecule has 1 fully saturated rings. The smallest absolute Gasteiger partial charge is 0.311 e. The number of methoxy groups -OCH3 is 1. The number of carbonyl (C=O) groups is 1. The molecule has 19 heavy (non-hydrogen) atoms. The standard InChI is InChI=1S/C14H26INO3/c1-13(2,3)19-12(17)11-9(7-15)10(8-18-6)16-14(11,4)5/h9-11,16H,7-8H2,1-6H3/t9-,10-,11?/m1/s1. The van der Waals surface area contributed by atoms with Crippen LogP contribution in [0, 0.1) is 11.8 Å². The van der Waals surface area contributed by atoms with Gasteiger partial charge in [-0.3, -0.25) is 4.79 Å². The summed E-state index contributed by atoms with van der Waals surface area (Å²) in [6, 6.07) is 0.203. The number of hydrogen-bond donors (Lipinski definition) is 1. The van der Waals surface area contributed by atoms with Crippen LogP contribution in [0.2, 0.25) is 0 Å². The van der Waals surface area contributed by atoms with E-state index in [1.54, 1.807) is 7.11 Å². The molecule has 0 aromatic carbocycles. The van der Waals surface area contributed by atoms with Gasteiger partial charge in [-0.1, -0.05) is 22.6 Å². The number of rotatable bonds is 4. The van der Waals surface area contributed by atoms with Crippen molar-refractivity contribution in [3.63, 3.8) is 0 Å². The van der Waals surface area contributed by atoms with E-state index in [1.807, 2.05) is 20.8 Å². The maximum absolute atomic E-state index is 12.5. The molecular weight excluding hydrogens is 357 g/mol. The van der Waals surface area contributed by atoms with Crippen LogP contribution < -0.4 is 5.32 Å². The second-order valence-corrected chi connectivity index (χ2v) is 7.64. The van der Waals surface area contributed by atoms with Crippen LogP contribution in [0.4, 0.5) is 0 Å². The number of nitrogens with one attached hydrogen (secondary N) is 1. The fraction of sp³-hybridized carbons (Fsp3) is 0.929. The van der Waals surface area contributed by atoms with E-state index in [2.05, 4.69) is 41.8 Å². The molecule has 0 aromatic heterocycles. The predicted octanol–water partition coefficient (Wildman–Crippen LogP) is 2.39. The average molecular weight is 383 g/mol. The van der Waals surface area contributed by atoms with E-state index in [0.29, 0.717) is 6.61 Å². The van der Waals surface area contributed by atoms with E-state index in [-0.39, 0.29) is 29.4 Å². The van der Waals surface area contributed by atoms with Crippen molar-refractivity contribution in [2.75, 3.05) is 18.1 Å². The van der Waals surface area contributed by atoms with Crippen LogP contribution in [0.25, 0.3) is 0 Å². The molecule has 4 nitrogen and oxygen atoms in total. The van der Waals surface area contributed by atoms with Gasteiger partial charge in [-0.2, -0.15) is 0 Å². The van der Waals surface area contributed by atoms with Crippen molar-refractivity contribution in [3.8, 4) is 0 Å². The van der Waals surface area contributed by atoms with Gasteiger partial charge in [0.1, 0.15) is 5.60 Å². The van der Waals surface area contributed by atoms with Gasteiger partial charge in [-0.05, 0) is 34.6 Å². The minimum atomic E-state index is -0.442. The van der Waals surface area contributed by atoms with E-state index in [1.165, 1.54) is 0 Å². The lowest BCUT2D eigenvalue weighted by Gasteiger charge is -2.31. The van der Waals surface area contributed by atoms with Crippen molar-refractivity contribution < 1.29 is 14.3 Å². The Morgan fingerprint density at radius 2 is 1.95 bits per heavy atom. The maximum atomic E-state index is 12.5. The first-order valence-corrected chi connectivity index (χ1v) is 8.20. The Labute approximate surface area is 130 Å². The Balaban J connectivity index is 2.92. The van der Waals surface area contributed by atoms with E-state index >= 15 is 0 Å². The third kappa shape index (κ3) is 4.29. The minimum Gasteiger partial charge on any atom is -0.460 e. The summed E-state index contributed by atoms with van der Waals surface area (Å²) < 4.78 is 11.8. The fourth-order valence-corrected chi connectivity index (χ4v) is 3.94. The van der Waals surface area contributed by atoms with Gasteiger partial charge in [-0.15, -0.1) is 0 Å². The number of esters is 1. The third-order valence-corrected chi connectivity index (χ3v) is 4.48. The van der Waals surface area contributed by atoms with Crippen LogP contribution in [0.1, 0.15) is 34.6 Å². The summed E-state index contributed by atoms with van der Waals surface area (Å²) in [5.41, 5.74) is -0.705. The SMILES string of the molecule is COC[C@H]1NC(C)(C)C(C(=O)OC(C)(C)C)[C@@H]1CI. The van der Waals surface area contributed by atoms with Crippen molar-refractivity contribution in [1.29, 1.82) is 0 Å². The van der Waals surface area contributed by atoms with Crippen molar-refractivity contribution in [2.24, 2.45) is 11.8 Å². The molecule has 5 heteroatoms. The summed E-state index contributed by atoms with van der Waals surface area (Å²) in [4.78, 5) is 12.5. The van der Waals surface area contributed by atoms with Gasteiger partial charge in [0.15, 0.2) is 0 Å². The van der Waals surface area contributed by atoms with Gasteiger partial charge in [0, 0.05) is 29.0 Å². The van der Waals surface area contributed by atoms with E-state index < -0.39 is 5.60 Å². The average Bonchev–Trinajstić information content (AvgIpc) is 2.46. The van der Waals surface area contributed by atoms with Crippen LogP contribution in [0.5, 0.6) is 0 Å². The summed E-state index contributed by atoms with van der Waals surface area (Å²) in [6.07, 6.45) is 0. The number of alkyl halides is 1.